The van der Waals surface area contributed by atoms with Gasteiger partial charge in [0.15, 0.2) is 0 Å². The van der Waals surface area contributed by atoms with E-state index < -0.39 is 0 Å². The number of ether oxygens (including phenoxy) is 1. The van der Waals surface area contributed by atoms with Gasteiger partial charge in [0.1, 0.15) is 5.75 Å². The van der Waals surface area contributed by atoms with Crippen molar-refractivity contribution in [2.45, 2.75) is 47.5 Å². The fourth-order valence-corrected chi connectivity index (χ4v) is 2.68. The molecule has 0 atom stereocenters. The van der Waals surface area contributed by atoms with Gasteiger partial charge >= 0.3 is 0 Å². The zero-order valence-corrected chi connectivity index (χ0v) is 15.8. The first-order valence-electron chi connectivity index (χ1n) is 8.89. The van der Waals surface area contributed by atoms with Gasteiger partial charge in [-0.2, -0.15) is 0 Å². The molecule has 2 aromatic rings. The van der Waals surface area contributed by atoms with Gasteiger partial charge in [0.2, 0.25) is 0 Å². The van der Waals surface area contributed by atoms with Gasteiger partial charge in [0.05, 0.1) is 18.5 Å². The van der Waals surface area contributed by atoms with Crippen molar-refractivity contribution >= 4 is 11.4 Å². The van der Waals surface area contributed by atoms with Crippen molar-refractivity contribution in [3.05, 3.63) is 47.8 Å². The molecule has 0 aliphatic heterocycles. The third-order valence-electron chi connectivity index (χ3n) is 4.02. The number of aromatic nitrogens is 1. The molecule has 0 bridgehead atoms. The summed E-state index contributed by atoms with van der Waals surface area (Å²) in [7, 11) is 0. The van der Waals surface area contributed by atoms with Crippen LogP contribution in [0.2, 0.25) is 0 Å². The second-order valence-corrected chi connectivity index (χ2v) is 6.98. The Morgan fingerprint density at radius 1 is 1.04 bits per heavy atom. The summed E-state index contributed by atoms with van der Waals surface area (Å²) in [4.78, 5) is 6.71. The molecule has 1 aromatic heterocycles. The Kier molecular flexibility index (Phi) is 6.24. The lowest BCUT2D eigenvalue weighted by Crippen LogP contribution is -2.17. The molecule has 0 aliphatic carbocycles. The largest absolute Gasteiger partial charge is 0.493 e. The fourth-order valence-electron chi connectivity index (χ4n) is 2.68. The minimum Gasteiger partial charge on any atom is -0.493 e. The molecule has 0 amide bonds. The lowest BCUT2D eigenvalue weighted by Gasteiger charge is -2.25. The number of nitrogens with zero attached hydrogens (tertiary/aromatic N) is 2. The molecule has 130 valence electrons. The number of rotatable bonds is 7. The predicted molar refractivity (Wildman–Crippen MR) is 103 cm³/mol. The third kappa shape index (κ3) is 4.50. The van der Waals surface area contributed by atoms with Gasteiger partial charge < -0.3 is 9.64 Å². The smallest absolute Gasteiger partial charge is 0.122 e. The van der Waals surface area contributed by atoms with Crippen LogP contribution >= 0.6 is 0 Å². The van der Waals surface area contributed by atoms with Crippen LogP contribution in [0.3, 0.4) is 0 Å². The van der Waals surface area contributed by atoms with Crippen LogP contribution in [0.1, 0.15) is 51.8 Å². The molecule has 3 nitrogen and oxygen atoms in total. The molecule has 0 unspecified atom stereocenters. The van der Waals surface area contributed by atoms with Crippen molar-refractivity contribution in [1.29, 1.82) is 0 Å². The van der Waals surface area contributed by atoms with E-state index in [1.54, 1.807) is 0 Å². The molecule has 0 saturated carbocycles. The highest BCUT2D eigenvalue weighted by Gasteiger charge is 2.14. The zero-order valence-electron chi connectivity index (χ0n) is 15.8. The number of pyridine rings is 1. The van der Waals surface area contributed by atoms with E-state index in [1.807, 2.05) is 13.1 Å². The average Bonchev–Trinajstić information content (AvgIpc) is 2.55. The number of hydrogen-bond donors (Lipinski definition) is 0. The molecule has 0 N–H and O–H groups in total. The first kappa shape index (κ1) is 18.3. The van der Waals surface area contributed by atoms with Crippen LogP contribution < -0.4 is 9.64 Å². The zero-order chi connectivity index (χ0) is 17.7. The molecule has 0 radical (unpaired) electrons. The van der Waals surface area contributed by atoms with Crippen LogP contribution in [0.25, 0.3) is 0 Å². The second kappa shape index (κ2) is 8.18. The lowest BCUT2D eigenvalue weighted by molar-refractivity contribution is 0.268. The number of anilines is 2. The molecule has 0 saturated heterocycles. The Labute approximate surface area is 146 Å². The van der Waals surface area contributed by atoms with Gasteiger partial charge in [-0.3, -0.25) is 4.98 Å². The summed E-state index contributed by atoms with van der Waals surface area (Å²) in [5.74, 6) is 1.94. The first-order valence-corrected chi connectivity index (χ1v) is 8.89. The Hall–Kier alpha value is -2.03. The molecule has 1 heterocycles. The molecule has 0 spiro atoms. The summed E-state index contributed by atoms with van der Waals surface area (Å²) in [6, 6.07) is 10.7. The average molecular weight is 326 g/mol. The number of aryl methyl sites for hydroxylation is 1. The van der Waals surface area contributed by atoms with E-state index in [0.717, 1.165) is 30.3 Å². The van der Waals surface area contributed by atoms with Crippen LogP contribution in [0.4, 0.5) is 11.4 Å². The number of benzene rings is 1. The van der Waals surface area contributed by atoms with E-state index in [-0.39, 0.29) is 0 Å². The highest BCUT2D eigenvalue weighted by atomic mass is 16.5. The first-order chi connectivity index (χ1) is 11.4. The summed E-state index contributed by atoms with van der Waals surface area (Å²) in [6.45, 7) is 14.6. The van der Waals surface area contributed by atoms with E-state index in [4.69, 9.17) is 4.74 Å². The van der Waals surface area contributed by atoms with Gasteiger partial charge in [0.25, 0.3) is 0 Å². The van der Waals surface area contributed by atoms with Crippen molar-refractivity contribution in [2.24, 2.45) is 5.92 Å². The minimum absolute atomic E-state index is 0.418. The summed E-state index contributed by atoms with van der Waals surface area (Å²) in [5, 5.41) is 0. The monoisotopic (exact) mass is 326 g/mol. The molecule has 3 heteroatoms. The topological polar surface area (TPSA) is 25.4 Å². The predicted octanol–water partition coefficient (Wildman–Crippen LogP) is 5.71. The Balaban J connectivity index is 2.34. The van der Waals surface area contributed by atoms with E-state index >= 15 is 0 Å². The SMILES string of the molecule is CCN(c1ccc(C)nc1)c1ccc(OCC(C)C)c(C(C)C)c1. The normalized spacial score (nSPS) is 11.2. The summed E-state index contributed by atoms with van der Waals surface area (Å²) in [5.41, 5.74) is 4.60. The van der Waals surface area contributed by atoms with Gasteiger partial charge in [-0.15, -0.1) is 0 Å². The second-order valence-electron chi connectivity index (χ2n) is 6.98. The van der Waals surface area contributed by atoms with Crippen molar-refractivity contribution in [1.82, 2.24) is 4.98 Å². The fraction of sp³-hybridized carbons (Fsp3) is 0.476. The highest BCUT2D eigenvalue weighted by molar-refractivity contribution is 5.65. The summed E-state index contributed by atoms with van der Waals surface area (Å²) < 4.78 is 6.02. The number of hydrogen-bond acceptors (Lipinski definition) is 3. The van der Waals surface area contributed by atoms with E-state index in [1.165, 1.54) is 11.3 Å². The Bertz CT molecular complexity index is 647. The van der Waals surface area contributed by atoms with E-state index in [2.05, 4.69) is 74.8 Å². The van der Waals surface area contributed by atoms with Gasteiger partial charge in [-0.25, -0.2) is 0 Å². The third-order valence-corrected chi connectivity index (χ3v) is 4.02. The lowest BCUT2D eigenvalue weighted by atomic mass is 10.0. The van der Waals surface area contributed by atoms with Gasteiger partial charge in [-0.05, 0) is 61.6 Å². The van der Waals surface area contributed by atoms with Crippen molar-refractivity contribution in [3.8, 4) is 5.75 Å². The van der Waals surface area contributed by atoms with Crippen LogP contribution in [0.5, 0.6) is 5.75 Å². The summed E-state index contributed by atoms with van der Waals surface area (Å²) in [6.07, 6.45) is 1.94. The quantitative estimate of drug-likeness (QED) is 0.652. The summed E-state index contributed by atoms with van der Waals surface area (Å²) >= 11 is 0. The van der Waals surface area contributed by atoms with Crippen molar-refractivity contribution in [3.63, 3.8) is 0 Å². The minimum atomic E-state index is 0.418. The molecule has 0 fully saturated rings. The molecule has 24 heavy (non-hydrogen) atoms. The van der Waals surface area contributed by atoms with Crippen LogP contribution in [0.15, 0.2) is 36.5 Å². The van der Waals surface area contributed by atoms with E-state index in [9.17, 15) is 0 Å². The molecule has 0 aliphatic rings. The van der Waals surface area contributed by atoms with Gasteiger partial charge in [0, 0.05) is 17.9 Å². The maximum absolute atomic E-state index is 6.02. The van der Waals surface area contributed by atoms with Crippen molar-refractivity contribution in [2.75, 3.05) is 18.1 Å². The van der Waals surface area contributed by atoms with Crippen LogP contribution in [-0.2, 0) is 0 Å². The van der Waals surface area contributed by atoms with Crippen LogP contribution in [-0.4, -0.2) is 18.1 Å². The van der Waals surface area contributed by atoms with Crippen molar-refractivity contribution < 1.29 is 4.74 Å². The Morgan fingerprint density at radius 3 is 2.29 bits per heavy atom. The Morgan fingerprint density at radius 2 is 1.75 bits per heavy atom. The maximum Gasteiger partial charge on any atom is 0.122 e. The van der Waals surface area contributed by atoms with E-state index in [0.29, 0.717) is 11.8 Å². The maximum atomic E-state index is 6.02. The molecular formula is C21H30N2O. The molecular weight excluding hydrogens is 296 g/mol. The standard InChI is InChI=1S/C21H30N2O/c1-7-23(19-9-8-17(6)22-13-19)18-10-11-21(24-14-15(2)3)20(12-18)16(4)5/h8-13,15-16H,7,14H2,1-6H3. The molecule has 2 rings (SSSR count). The highest BCUT2D eigenvalue weighted by Crippen LogP contribution is 2.33. The van der Waals surface area contributed by atoms with Crippen LogP contribution in [0, 0.1) is 12.8 Å². The van der Waals surface area contributed by atoms with Gasteiger partial charge in [-0.1, -0.05) is 27.7 Å². The molecule has 1 aromatic carbocycles.